The molecular formula is C12H20O4. The predicted molar refractivity (Wildman–Crippen MR) is 58.0 cm³/mol. The van der Waals surface area contributed by atoms with Gasteiger partial charge in [-0.3, -0.25) is 4.79 Å². The van der Waals surface area contributed by atoms with Crippen molar-refractivity contribution < 1.29 is 19.0 Å². The Morgan fingerprint density at radius 2 is 1.62 bits per heavy atom. The van der Waals surface area contributed by atoms with Gasteiger partial charge >= 0.3 is 5.97 Å². The monoisotopic (exact) mass is 228 g/mol. The second kappa shape index (κ2) is 4.00. The van der Waals surface area contributed by atoms with Crippen LogP contribution in [-0.4, -0.2) is 39.0 Å². The zero-order valence-electron chi connectivity index (χ0n) is 10.2. The summed E-state index contributed by atoms with van der Waals surface area (Å²) in [5.41, 5.74) is -0.157. The van der Waals surface area contributed by atoms with E-state index < -0.39 is 0 Å². The average molecular weight is 228 g/mol. The molecule has 0 atom stereocenters. The first-order valence-electron chi connectivity index (χ1n) is 5.84. The molecule has 0 N–H and O–H groups in total. The minimum atomic E-state index is -0.109. The fourth-order valence-corrected chi connectivity index (χ4v) is 2.82. The van der Waals surface area contributed by atoms with Crippen LogP contribution in [0.4, 0.5) is 0 Å². The van der Waals surface area contributed by atoms with Gasteiger partial charge < -0.3 is 14.2 Å². The SMILES string of the molecule is CCOC(=O)C(C1(C)COC1)C1(C)COC1. The minimum Gasteiger partial charge on any atom is -0.466 e. The number of carbonyl (C=O) groups is 1. The highest BCUT2D eigenvalue weighted by molar-refractivity contribution is 5.75. The van der Waals surface area contributed by atoms with Gasteiger partial charge in [0.05, 0.1) is 39.0 Å². The van der Waals surface area contributed by atoms with Crippen LogP contribution in [0.25, 0.3) is 0 Å². The lowest BCUT2D eigenvalue weighted by atomic mass is 9.61. The summed E-state index contributed by atoms with van der Waals surface area (Å²) < 4.78 is 15.7. The third kappa shape index (κ3) is 1.74. The summed E-state index contributed by atoms with van der Waals surface area (Å²) in [6, 6.07) is 0. The van der Waals surface area contributed by atoms with Crippen molar-refractivity contribution in [3.63, 3.8) is 0 Å². The Kier molecular flexibility index (Phi) is 2.97. The molecule has 2 fully saturated rings. The molecule has 4 heteroatoms. The van der Waals surface area contributed by atoms with Crippen molar-refractivity contribution in [2.24, 2.45) is 16.7 Å². The van der Waals surface area contributed by atoms with Crippen molar-refractivity contribution in [3.8, 4) is 0 Å². The highest BCUT2D eigenvalue weighted by Crippen LogP contribution is 2.49. The minimum absolute atomic E-state index is 0.0786. The molecule has 2 aliphatic rings. The average Bonchev–Trinajstić information content (AvgIpc) is 2.13. The van der Waals surface area contributed by atoms with Crippen LogP contribution in [0.1, 0.15) is 20.8 Å². The molecule has 2 saturated heterocycles. The van der Waals surface area contributed by atoms with Crippen LogP contribution in [0.2, 0.25) is 0 Å². The van der Waals surface area contributed by atoms with Crippen molar-refractivity contribution in [1.82, 2.24) is 0 Å². The number of carbonyl (C=O) groups excluding carboxylic acids is 1. The summed E-state index contributed by atoms with van der Waals surface area (Å²) in [7, 11) is 0. The third-order valence-electron chi connectivity index (χ3n) is 3.64. The molecule has 0 radical (unpaired) electrons. The van der Waals surface area contributed by atoms with Gasteiger partial charge in [0.1, 0.15) is 0 Å². The van der Waals surface area contributed by atoms with Crippen molar-refractivity contribution in [1.29, 1.82) is 0 Å². The third-order valence-corrected chi connectivity index (χ3v) is 3.64. The fourth-order valence-electron chi connectivity index (χ4n) is 2.82. The Balaban J connectivity index is 2.15. The van der Waals surface area contributed by atoms with E-state index in [4.69, 9.17) is 14.2 Å². The first-order chi connectivity index (χ1) is 7.52. The predicted octanol–water partition coefficient (Wildman–Crippen LogP) is 1.24. The van der Waals surface area contributed by atoms with Crippen LogP contribution >= 0.6 is 0 Å². The number of esters is 1. The molecule has 0 amide bonds. The molecule has 0 aromatic heterocycles. The van der Waals surface area contributed by atoms with E-state index in [1.54, 1.807) is 0 Å². The van der Waals surface area contributed by atoms with Gasteiger partial charge in [0.15, 0.2) is 0 Å². The summed E-state index contributed by atoms with van der Waals surface area (Å²) in [5.74, 6) is -0.207. The van der Waals surface area contributed by atoms with Crippen LogP contribution in [0.3, 0.4) is 0 Å². The zero-order valence-corrected chi connectivity index (χ0v) is 10.2. The second-order valence-corrected chi connectivity index (χ2v) is 5.48. The van der Waals surface area contributed by atoms with Gasteiger partial charge in [-0.1, -0.05) is 13.8 Å². The summed E-state index contributed by atoms with van der Waals surface area (Å²) in [6.45, 7) is 9.05. The first-order valence-corrected chi connectivity index (χ1v) is 5.84. The van der Waals surface area contributed by atoms with Crippen molar-refractivity contribution in [2.75, 3.05) is 33.0 Å². The lowest BCUT2D eigenvalue weighted by Gasteiger charge is -2.53. The number of ether oxygens (including phenoxy) is 3. The molecule has 0 bridgehead atoms. The topological polar surface area (TPSA) is 44.8 Å². The van der Waals surface area contributed by atoms with Crippen LogP contribution in [0.15, 0.2) is 0 Å². The van der Waals surface area contributed by atoms with Crippen molar-refractivity contribution in [2.45, 2.75) is 20.8 Å². The molecule has 16 heavy (non-hydrogen) atoms. The first kappa shape index (κ1) is 11.9. The van der Waals surface area contributed by atoms with Gasteiger partial charge in [0, 0.05) is 10.8 Å². The standard InChI is InChI=1S/C12H20O4/c1-4-16-10(13)9(11(2)5-14-6-11)12(3)7-15-8-12/h9H,4-8H2,1-3H3. The quantitative estimate of drug-likeness (QED) is 0.679. The van der Waals surface area contributed by atoms with E-state index in [-0.39, 0.29) is 22.7 Å². The van der Waals surface area contributed by atoms with Gasteiger partial charge in [-0.15, -0.1) is 0 Å². The van der Waals surface area contributed by atoms with Gasteiger partial charge in [0.2, 0.25) is 0 Å². The Hall–Kier alpha value is -0.610. The summed E-state index contributed by atoms with van der Waals surface area (Å²) >= 11 is 0. The molecule has 2 aliphatic heterocycles. The maximum atomic E-state index is 12.1. The molecule has 2 rings (SSSR count). The highest BCUT2D eigenvalue weighted by atomic mass is 16.5. The maximum Gasteiger partial charge on any atom is 0.310 e. The Morgan fingerprint density at radius 1 is 1.19 bits per heavy atom. The summed E-state index contributed by atoms with van der Waals surface area (Å²) in [4.78, 5) is 12.1. The molecule has 0 unspecified atom stereocenters. The lowest BCUT2D eigenvalue weighted by Crippen LogP contribution is -2.60. The second-order valence-electron chi connectivity index (χ2n) is 5.48. The normalized spacial score (nSPS) is 25.8. The maximum absolute atomic E-state index is 12.1. The molecule has 2 heterocycles. The van der Waals surface area contributed by atoms with E-state index >= 15 is 0 Å². The molecule has 0 saturated carbocycles. The fraction of sp³-hybridized carbons (Fsp3) is 0.917. The molecule has 0 spiro atoms. The summed E-state index contributed by atoms with van der Waals surface area (Å²) in [5, 5.41) is 0. The van der Waals surface area contributed by atoms with E-state index in [1.165, 1.54) is 0 Å². The van der Waals surface area contributed by atoms with Gasteiger partial charge in [-0.2, -0.15) is 0 Å². The van der Waals surface area contributed by atoms with Crippen LogP contribution in [0, 0.1) is 16.7 Å². The van der Waals surface area contributed by atoms with E-state index in [1.807, 2.05) is 6.92 Å². The molecule has 92 valence electrons. The van der Waals surface area contributed by atoms with Crippen molar-refractivity contribution in [3.05, 3.63) is 0 Å². The summed E-state index contributed by atoms with van der Waals surface area (Å²) in [6.07, 6.45) is 0. The molecule has 4 nitrogen and oxygen atoms in total. The van der Waals surface area contributed by atoms with Gasteiger partial charge in [-0.05, 0) is 6.92 Å². The van der Waals surface area contributed by atoms with Gasteiger partial charge in [-0.25, -0.2) is 0 Å². The van der Waals surface area contributed by atoms with E-state index in [9.17, 15) is 4.79 Å². The number of hydrogen-bond acceptors (Lipinski definition) is 4. The van der Waals surface area contributed by atoms with Crippen LogP contribution in [0.5, 0.6) is 0 Å². The Labute approximate surface area is 96.2 Å². The lowest BCUT2D eigenvalue weighted by molar-refractivity contribution is -0.228. The smallest absolute Gasteiger partial charge is 0.310 e. The van der Waals surface area contributed by atoms with Gasteiger partial charge in [0.25, 0.3) is 0 Å². The van der Waals surface area contributed by atoms with E-state index in [0.29, 0.717) is 33.0 Å². The Bertz CT molecular complexity index is 259. The highest BCUT2D eigenvalue weighted by Gasteiger charge is 2.57. The number of hydrogen-bond donors (Lipinski definition) is 0. The molecule has 0 aromatic carbocycles. The van der Waals surface area contributed by atoms with Crippen LogP contribution in [-0.2, 0) is 19.0 Å². The van der Waals surface area contributed by atoms with E-state index in [2.05, 4.69) is 13.8 Å². The molecule has 0 aromatic rings. The Morgan fingerprint density at radius 3 is 1.88 bits per heavy atom. The largest absolute Gasteiger partial charge is 0.466 e. The molecule has 0 aliphatic carbocycles. The van der Waals surface area contributed by atoms with Crippen LogP contribution < -0.4 is 0 Å². The van der Waals surface area contributed by atoms with E-state index in [0.717, 1.165) is 0 Å². The number of rotatable bonds is 4. The van der Waals surface area contributed by atoms with Crippen molar-refractivity contribution >= 4 is 5.97 Å². The molecular weight excluding hydrogens is 208 g/mol. The zero-order chi connectivity index (χ0) is 11.8.